The van der Waals surface area contributed by atoms with Gasteiger partial charge >= 0.3 is 5.97 Å². The summed E-state index contributed by atoms with van der Waals surface area (Å²) in [5.74, 6) is -0.580. The molecule has 1 aromatic heterocycles. The number of rotatable bonds is 8. The third kappa shape index (κ3) is 5.28. The average molecular weight is 265 g/mol. The van der Waals surface area contributed by atoms with Crippen LogP contribution in [0.3, 0.4) is 0 Å². The lowest BCUT2D eigenvalue weighted by molar-refractivity contribution is 0.0689. The predicted molar refractivity (Wildman–Crippen MR) is 74.8 cm³/mol. The van der Waals surface area contributed by atoms with E-state index in [2.05, 4.69) is 11.9 Å². The molecule has 0 amide bonds. The minimum atomic E-state index is -0.999. The third-order valence-corrected chi connectivity index (χ3v) is 3.03. The molecule has 0 radical (unpaired) electrons. The van der Waals surface area contributed by atoms with Crippen LogP contribution in [0.1, 0.15) is 62.0 Å². The summed E-state index contributed by atoms with van der Waals surface area (Å²) in [6, 6.07) is 1.69. The number of nitrogens with zero attached hydrogens (tertiary/aromatic N) is 1. The van der Waals surface area contributed by atoms with E-state index in [0.29, 0.717) is 5.75 Å². The minimum Gasteiger partial charge on any atom is -0.490 e. The summed E-state index contributed by atoms with van der Waals surface area (Å²) in [7, 11) is 0. The lowest BCUT2D eigenvalue weighted by Gasteiger charge is -2.16. The molecule has 4 nitrogen and oxygen atoms in total. The average Bonchev–Trinajstić information content (AvgIpc) is 2.34. The fourth-order valence-electron chi connectivity index (χ4n) is 1.93. The topological polar surface area (TPSA) is 59.4 Å². The molecule has 1 heterocycles. The first kappa shape index (κ1) is 15.5. The predicted octanol–water partition coefficient (Wildman–Crippen LogP) is 3.83. The quantitative estimate of drug-likeness (QED) is 0.726. The Hall–Kier alpha value is -1.58. The van der Waals surface area contributed by atoms with Crippen LogP contribution < -0.4 is 4.74 Å². The SMILES string of the molecule is CCCCCCC(C)Oc1cc(C)ncc1C(=O)O. The molecular formula is C15H23NO3. The zero-order valence-corrected chi connectivity index (χ0v) is 12.0. The van der Waals surface area contributed by atoms with Gasteiger partial charge in [0.25, 0.3) is 0 Å². The summed E-state index contributed by atoms with van der Waals surface area (Å²) >= 11 is 0. The first-order valence-corrected chi connectivity index (χ1v) is 6.91. The number of aryl methyl sites for hydroxylation is 1. The summed E-state index contributed by atoms with van der Waals surface area (Å²) < 4.78 is 5.75. The van der Waals surface area contributed by atoms with Gasteiger partial charge in [-0.25, -0.2) is 4.79 Å². The third-order valence-electron chi connectivity index (χ3n) is 3.03. The summed E-state index contributed by atoms with van der Waals surface area (Å²) in [5, 5.41) is 9.10. The number of aromatic carboxylic acids is 1. The number of unbranched alkanes of at least 4 members (excludes halogenated alkanes) is 3. The van der Waals surface area contributed by atoms with Gasteiger partial charge in [0.1, 0.15) is 11.3 Å². The largest absolute Gasteiger partial charge is 0.490 e. The molecule has 0 spiro atoms. The van der Waals surface area contributed by atoms with Gasteiger partial charge in [-0.1, -0.05) is 26.2 Å². The van der Waals surface area contributed by atoms with E-state index in [0.717, 1.165) is 18.5 Å². The molecule has 0 saturated carbocycles. The number of pyridine rings is 1. The van der Waals surface area contributed by atoms with Crippen LogP contribution in [-0.4, -0.2) is 22.2 Å². The van der Waals surface area contributed by atoms with Gasteiger partial charge in [-0.3, -0.25) is 4.98 Å². The van der Waals surface area contributed by atoms with E-state index in [1.54, 1.807) is 6.07 Å². The monoisotopic (exact) mass is 265 g/mol. The zero-order chi connectivity index (χ0) is 14.3. The maximum absolute atomic E-state index is 11.1. The van der Waals surface area contributed by atoms with Crippen LogP contribution in [0.15, 0.2) is 12.3 Å². The van der Waals surface area contributed by atoms with Crippen molar-refractivity contribution in [3.05, 3.63) is 23.5 Å². The maximum Gasteiger partial charge on any atom is 0.341 e. The van der Waals surface area contributed by atoms with Crippen LogP contribution in [0.5, 0.6) is 5.75 Å². The Kier molecular flexibility index (Phi) is 6.33. The van der Waals surface area contributed by atoms with Crippen LogP contribution in [0.2, 0.25) is 0 Å². The molecule has 1 aromatic rings. The van der Waals surface area contributed by atoms with E-state index >= 15 is 0 Å². The van der Waals surface area contributed by atoms with E-state index in [4.69, 9.17) is 9.84 Å². The minimum absolute atomic E-state index is 0.0248. The molecule has 0 aliphatic carbocycles. The van der Waals surface area contributed by atoms with Crippen LogP contribution in [0.25, 0.3) is 0 Å². The highest BCUT2D eigenvalue weighted by molar-refractivity contribution is 5.90. The van der Waals surface area contributed by atoms with Gasteiger partial charge in [0, 0.05) is 18.0 Å². The Morgan fingerprint density at radius 1 is 1.42 bits per heavy atom. The van der Waals surface area contributed by atoms with Gasteiger partial charge in [0.05, 0.1) is 6.10 Å². The second-order valence-corrected chi connectivity index (χ2v) is 4.90. The van der Waals surface area contributed by atoms with Crippen molar-refractivity contribution in [3.8, 4) is 5.75 Å². The normalized spacial score (nSPS) is 12.2. The van der Waals surface area contributed by atoms with E-state index in [1.807, 2.05) is 13.8 Å². The van der Waals surface area contributed by atoms with E-state index < -0.39 is 5.97 Å². The molecule has 0 saturated heterocycles. The molecule has 1 N–H and O–H groups in total. The van der Waals surface area contributed by atoms with Gasteiger partial charge in [-0.15, -0.1) is 0 Å². The fraction of sp³-hybridized carbons (Fsp3) is 0.600. The van der Waals surface area contributed by atoms with E-state index in [-0.39, 0.29) is 11.7 Å². The number of carbonyl (C=O) groups is 1. The molecule has 0 aromatic carbocycles. The van der Waals surface area contributed by atoms with Crippen LogP contribution >= 0.6 is 0 Å². The molecule has 19 heavy (non-hydrogen) atoms. The summed E-state index contributed by atoms with van der Waals surface area (Å²) in [6.07, 6.45) is 7.09. The van der Waals surface area contributed by atoms with Gasteiger partial charge in [-0.05, 0) is 26.7 Å². The Balaban J connectivity index is 2.60. The molecule has 1 unspecified atom stereocenters. The first-order chi connectivity index (χ1) is 9.04. The molecule has 1 rings (SSSR count). The molecule has 0 fully saturated rings. The van der Waals surface area contributed by atoms with Gasteiger partial charge in [-0.2, -0.15) is 0 Å². The smallest absolute Gasteiger partial charge is 0.341 e. The summed E-state index contributed by atoms with van der Waals surface area (Å²) in [6.45, 7) is 5.98. The molecule has 0 bridgehead atoms. The highest BCUT2D eigenvalue weighted by atomic mass is 16.5. The number of aromatic nitrogens is 1. The van der Waals surface area contributed by atoms with Crippen molar-refractivity contribution in [2.24, 2.45) is 0 Å². The molecule has 1 atom stereocenters. The van der Waals surface area contributed by atoms with Crippen molar-refractivity contribution in [2.45, 2.75) is 59.0 Å². The van der Waals surface area contributed by atoms with Crippen molar-refractivity contribution in [1.82, 2.24) is 4.98 Å². The highest BCUT2D eigenvalue weighted by Crippen LogP contribution is 2.21. The molecular weight excluding hydrogens is 242 g/mol. The fourth-order valence-corrected chi connectivity index (χ4v) is 1.93. The van der Waals surface area contributed by atoms with Crippen LogP contribution in [0.4, 0.5) is 0 Å². The molecule has 0 aliphatic rings. The van der Waals surface area contributed by atoms with Crippen molar-refractivity contribution < 1.29 is 14.6 Å². The Morgan fingerprint density at radius 3 is 2.79 bits per heavy atom. The second-order valence-electron chi connectivity index (χ2n) is 4.90. The van der Waals surface area contributed by atoms with Crippen molar-refractivity contribution in [1.29, 1.82) is 0 Å². The number of hydrogen-bond donors (Lipinski definition) is 1. The molecule has 4 heteroatoms. The van der Waals surface area contributed by atoms with E-state index in [1.165, 1.54) is 25.5 Å². The zero-order valence-electron chi connectivity index (χ0n) is 12.0. The lowest BCUT2D eigenvalue weighted by atomic mass is 10.1. The van der Waals surface area contributed by atoms with Crippen molar-refractivity contribution in [2.75, 3.05) is 0 Å². The standard InChI is InChI=1S/C15H23NO3/c1-4-5-6-7-8-12(3)19-14-9-11(2)16-10-13(14)15(17)18/h9-10,12H,4-8H2,1-3H3,(H,17,18). The van der Waals surface area contributed by atoms with Crippen LogP contribution in [0, 0.1) is 6.92 Å². The van der Waals surface area contributed by atoms with Crippen LogP contribution in [-0.2, 0) is 0 Å². The Morgan fingerprint density at radius 2 is 2.16 bits per heavy atom. The molecule has 0 aliphatic heterocycles. The Bertz CT molecular complexity index is 418. The second kappa shape index (κ2) is 7.77. The number of carboxylic acid groups (broad SMARTS) is 1. The molecule has 106 valence electrons. The van der Waals surface area contributed by atoms with Gasteiger partial charge < -0.3 is 9.84 Å². The van der Waals surface area contributed by atoms with E-state index in [9.17, 15) is 4.79 Å². The first-order valence-electron chi connectivity index (χ1n) is 6.91. The summed E-state index contributed by atoms with van der Waals surface area (Å²) in [4.78, 5) is 15.1. The number of ether oxygens (including phenoxy) is 1. The van der Waals surface area contributed by atoms with Crippen molar-refractivity contribution >= 4 is 5.97 Å². The number of carboxylic acids is 1. The summed E-state index contributed by atoms with van der Waals surface area (Å²) in [5.41, 5.74) is 0.893. The lowest BCUT2D eigenvalue weighted by Crippen LogP contribution is -2.14. The van der Waals surface area contributed by atoms with Crippen molar-refractivity contribution in [3.63, 3.8) is 0 Å². The Labute approximate surface area is 114 Å². The highest BCUT2D eigenvalue weighted by Gasteiger charge is 2.14. The number of hydrogen-bond acceptors (Lipinski definition) is 3. The van der Waals surface area contributed by atoms with Gasteiger partial charge in [0.15, 0.2) is 0 Å². The maximum atomic E-state index is 11.1. The van der Waals surface area contributed by atoms with Gasteiger partial charge in [0.2, 0.25) is 0 Å².